The quantitative estimate of drug-likeness (QED) is 0.275. The molecule has 3 N–H and O–H groups in total. The van der Waals surface area contributed by atoms with Crippen LogP contribution in [0.1, 0.15) is 29.1 Å². The fourth-order valence-electron chi connectivity index (χ4n) is 3.48. The molecule has 4 aromatic rings. The number of benzene rings is 1. The highest BCUT2D eigenvalue weighted by atomic mass is 32.2. The number of carbonyl (C=O) groups is 2. The molecule has 0 aliphatic heterocycles. The molecule has 3 aromatic heterocycles. The molecular formula is C23H24N6O4S. The number of thioether (sulfide) groups is 1. The number of hydrogen-bond donors (Lipinski definition) is 2. The van der Waals surface area contributed by atoms with E-state index in [2.05, 4.69) is 15.4 Å². The second-order valence-electron chi connectivity index (χ2n) is 7.63. The fourth-order valence-corrected chi connectivity index (χ4v) is 4.35. The number of para-hydroxylation sites is 1. The van der Waals surface area contributed by atoms with Gasteiger partial charge in [0.1, 0.15) is 11.6 Å². The Balaban J connectivity index is 1.47. The fraction of sp³-hybridized carbons (Fsp3) is 0.261. The Morgan fingerprint density at radius 1 is 1.21 bits per heavy atom. The molecule has 0 saturated heterocycles. The molecule has 0 spiro atoms. The lowest BCUT2D eigenvalue weighted by atomic mass is 10.2. The smallest absolute Gasteiger partial charge is 0.262 e. The van der Waals surface area contributed by atoms with Crippen LogP contribution in [0.4, 0.5) is 5.82 Å². The number of aromatic nitrogens is 4. The number of carbonyl (C=O) groups excluding carboxylic acids is 2. The molecule has 0 radical (unpaired) electrons. The number of amides is 1. The summed E-state index contributed by atoms with van der Waals surface area (Å²) >= 11 is 1.15. The van der Waals surface area contributed by atoms with Gasteiger partial charge in [0.2, 0.25) is 5.91 Å². The van der Waals surface area contributed by atoms with Crippen molar-refractivity contribution in [2.75, 3.05) is 11.5 Å². The zero-order chi connectivity index (χ0) is 24.1. The third-order valence-electron chi connectivity index (χ3n) is 5.12. The summed E-state index contributed by atoms with van der Waals surface area (Å²) in [4.78, 5) is 42.6. The van der Waals surface area contributed by atoms with Gasteiger partial charge < -0.3 is 15.5 Å². The number of nitrogens with one attached hydrogen (secondary N) is 1. The number of nitrogen functional groups attached to an aromatic ring is 1. The van der Waals surface area contributed by atoms with Crippen LogP contribution in [0.25, 0.3) is 10.9 Å². The van der Waals surface area contributed by atoms with Gasteiger partial charge in [-0.2, -0.15) is 0 Å². The van der Waals surface area contributed by atoms with Crippen molar-refractivity contribution in [1.29, 1.82) is 0 Å². The Hall–Kier alpha value is -3.86. The van der Waals surface area contributed by atoms with E-state index in [1.807, 2.05) is 0 Å². The molecule has 4 rings (SSSR count). The minimum atomic E-state index is -0.273. The highest BCUT2D eigenvalue weighted by molar-refractivity contribution is 7.99. The van der Waals surface area contributed by atoms with E-state index in [0.717, 1.165) is 11.8 Å². The molecule has 0 fully saturated rings. The first-order chi connectivity index (χ1) is 16.4. The van der Waals surface area contributed by atoms with E-state index >= 15 is 0 Å². The molecule has 1 amide bonds. The Bertz CT molecular complexity index is 1380. The Morgan fingerprint density at radius 3 is 2.76 bits per heavy atom. The highest BCUT2D eigenvalue weighted by Gasteiger charge is 2.16. The SMILES string of the molecule is Cc1cc(N)nn1C(=O)CSc1nc2ccccc2c(=O)n1CCCC(=O)NCc1ccco1. The van der Waals surface area contributed by atoms with Crippen LogP contribution < -0.4 is 16.6 Å². The van der Waals surface area contributed by atoms with Gasteiger partial charge in [-0.3, -0.25) is 19.0 Å². The predicted molar refractivity (Wildman–Crippen MR) is 129 cm³/mol. The molecule has 11 heteroatoms. The largest absolute Gasteiger partial charge is 0.467 e. The van der Waals surface area contributed by atoms with Gasteiger partial charge in [0.25, 0.3) is 11.5 Å². The van der Waals surface area contributed by atoms with Gasteiger partial charge in [0.15, 0.2) is 5.16 Å². The van der Waals surface area contributed by atoms with Crippen molar-refractivity contribution in [1.82, 2.24) is 24.6 Å². The molecule has 34 heavy (non-hydrogen) atoms. The Kier molecular flexibility index (Phi) is 7.12. The third kappa shape index (κ3) is 5.37. The summed E-state index contributed by atoms with van der Waals surface area (Å²) in [5.41, 5.74) is 6.64. The summed E-state index contributed by atoms with van der Waals surface area (Å²) < 4.78 is 7.97. The molecule has 0 aliphatic carbocycles. The summed E-state index contributed by atoms with van der Waals surface area (Å²) in [5.74, 6) is 0.540. The van der Waals surface area contributed by atoms with E-state index in [-0.39, 0.29) is 41.9 Å². The first-order valence-corrected chi connectivity index (χ1v) is 11.7. The monoisotopic (exact) mass is 480 g/mol. The van der Waals surface area contributed by atoms with Gasteiger partial charge in [-0.1, -0.05) is 23.9 Å². The van der Waals surface area contributed by atoms with Crippen molar-refractivity contribution in [2.24, 2.45) is 0 Å². The minimum absolute atomic E-state index is 0.0242. The minimum Gasteiger partial charge on any atom is -0.467 e. The van der Waals surface area contributed by atoms with Crippen molar-refractivity contribution in [2.45, 2.75) is 38.0 Å². The van der Waals surface area contributed by atoms with E-state index < -0.39 is 0 Å². The number of fused-ring (bicyclic) bond motifs is 1. The summed E-state index contributed by atoms with van der Waals surface area (Å²) in [7, 11) is 0. The van der Waals surface area contributed by atoms with Gasteiger partial charge in [0.05, 0.1) is 29.5 Å². The standard InChI is InChI=1S/C23H24N6O4S/c1-15-12-19(24)27-29(15)21(31)14-34-23-26-18-8-3-2-7-17(18)22(32)28(23)10-4-9-20(30)25-13-16-6-5-11-33-16/h2-3,5-8,11-12H,4,9-10,13-14H2,1H3,(H2,24,27)(H,25,30). The van der Waals surface area contributed by atoms with Crippen molar-refractivity contribution in [3.63, 3.8) is 0 Å². The maximum absolute atomic E-state index is 13.2. The lowest BCUT2D eigenvalue weighted by Gasteiger charge is -2.13. The van der Waals surface area contributed by atoms with Crippen LogP contribution in [0, 0.1) is 6.92 Å². The summed E-state index contributed by atoms with van der Waals surface area (Å²) in [6.45, 7) is 2.34. The van der Waals surface area contributed by atoms with Crippen LogP contribution in [0.5, 0.6) is 0 Å². The Morgan fingerprint density at radius 2 is 2.03 bits per heavy atom. The Labute approximate surface area is 199 Å². The average molecular weight is 481 g/mol. The van der Waals surface area contributed by atoms with Crippen molar-refractivity contribution in [3.8, 4) is 0 Å². The first kappa shape index (κ1) is 23.3. The lowest BCUT2D eigenvalue weighted by molar-refractivity contribution is -0.121. The molecule has 10 nitrogen and oxygen atoms in total. The zero-order valence-corrected chi connectivity index (χ0v) is 19.4. The number of nitrogens with zero attached hydrogens (tertiary/aromatic N) is 4. The number of hydrogen-bond acceptors (Lipinski definition) is 8. The molecular weight excluding hydrogens is 456 g/mol. The number of furan rings is 1. The summed E-state index contributed by atoms with van der Waals surface area (Å²) in [6.07, 6.45) is 2.21. The topological polar surface area (TPSA) is 138 Å². The van der Waals surface area contributed by atoms with E-state index in [0.29, 0.717) is 40.5 Å². The molecule has 1 aromatic carbocycles. The zero-order valence-electron chi connectivity index (χ0n) is 18.6. The number of nitrogens with two attached hydrogens (primary N) is 1. The highest BCUT2D eigenvalue weighted by Crippen LogP contribution is 2.19. The van der Waals surface area contributed by atoms with E-state index in [1.54, 1.807) is 55.7 Å². The summed E-state index contributed by atoms with van der Waals surface area (Å²) in [6, 6.07) is 12.2. The lowest BCUT2D eigenvalue weighted by Crippen LogP contribution is -2.26. The van der Waals surface area contributed by atoms with Crippen LogP contribution in [-0.2, 0) is 17.9 Å². The van der Waals surface area contributed by atoms with Crippen LogP contribution in [0.15, 0.2) is 63.1 Å². The second-order valence-corrected chi connectivity index (χ2v) is 8.58. The number of aryl methyl sites for hydroxylation is 1. The van der Waals surface area contributed by atoms with Crippen molar-refractivity contribution >= 4 is 40.3 Å². The molecule has 3 heterocycles. The van der Waals surface area contributed by atoms with Gasteiger partial charge >= 0.3 is 0 Å². The predicted octanol–water partition coefficient (Wildman–Crippen LogP) is 2.61. The summed E-state index contributed by atoms with van der Waals surface area (Å²) in [5, 5.41) is 7.69. The van der Waals surface area contributed by atoms with Gasteiger partial charge in [0, 0.05) is 24.7 Å². The average Bonchev–Trinajstić information content (AvgIpc) is 3.46. The van der Waals surface area contributed by atoms with Crippen LogP contribution in [0.3, 0.4) is 0 Å². The number of anilines is 1. The second kappa shape index (κ2) is 10.4. The van der Waals surface area contributed by atoms with E-state index in [4.69, 9.17) is 10.2 Å². The van der Waals surface area contributed by atoms with Crippen LogP contribution in [-0.4, -0.2) is 36.9 Å². The number of rotatable bonds is 9. The normalized spacial score (nSPS) is 11.1. The molecule has 0 bridgehead atoms. The van der Waals surface area contributed by atoms with Crippen molar-refractivity contribution < 1.29 is 14.0 Å². The van der Waals surface area contributed by atoms with Gasteiger partial charge in [-0.15, -0.1) is 5.10 Å². The first-order valence-electron chi connectivity index (χ1n) is 10.7. The van der Waals surface area contributed by atoms with Gasteiger partial charge in [-0.05, 0) is 37.6 Å². The third-order valence-corrected chi connectivity index (χ3v) is 6.08. The maximum Gasteiger partial charge on any atom is 0.262 e. The van der Waals surface area contributed by atoms with Gasteiger partial charge in [-0.25, -0.2) is 9.67 Å². The van der Waals surface area contributed by atoms with Crippen LogP contribution in [0.2, 0.25) is 0 Å². The molecule has 0 aliphatic rings. The molecule has 0 saturated carbocycles. The van der Waals surface area contributed by atoms with E-state index in [1.165, 1.54) is 9.25 Å². The van der Waals surface area contributed by atoms with Crippen LogP contribution >= 0.6 is 11.8 Å². The molecule has 0 unspecified atom stereocenters. The van der Waals surface area contributed by atoms with Crippen molar-refractivity contribution in [3.05, 3.63) is 70.5 Å². The maximum atomic E-state index is 13.2. The molecule has 176 valence electrons. The van der Waals surface area contributed by atoms with E-state index in [9.17, 15) is 14.4 Å². The molecule has 0 atom stereocenters.